The highest BCUT2D eigenvalue weighted by Crippen LogP contribution is 2.61. The Labute approximate surface area is 207 Å². The number of carbonyl (C=O) groups is 2. The molecule has 0 unspecified atom stereocenters. The summed E-state index contributed by atoms with van der Waals surface area (Å²) in [4.78, 5) is 30.0. The fourth-order valence-electron chi connectivity index (χ4n) is 5.67. The number of hydrogen-bond acceptors (Lipinski definition) is 7. The monoisotopic (exact) mass is 507 g/mol. The van der Waals surface area contributed by atoms with E-state index < -0.39 is 32.9 Å². The zero-order chi connectivity index (χ0) is 25.8. The minimum Gasteiger partial charge on any atom is -0.454 e. The van der Waals surface area contributed by atoms with Crippen LogP contribution in [-0.4, -0.2) is 36.5 Å². The molecule has 9 nitrogen and oxygen atoms in total. The molecule has 0 bridgehead atoms. The van der Waals surface area contributed by atoms with Crippen LogP contribution in [0.3, 0.4) is 0 Å². The van der Waals surface area contributed by atoms with Gasteiger partial charge in [0, 0.05) is 23.1 Å². The minimum atomic E-state index is -3.59. The summed E-state index contributed by atoms with van der Waals surface area (Å²) in [5, 5.41) is 14.6. The quantitative estimate of drug-likeness (QED) is 0.396. The summed E-state index contributed by atoms with van der Waals surface area (Å²) in [6.45, 7) is 4.30. The number of aliphatic hydroxyl groups is 1. The maximum atomic E-state index is 14.0. The first-order chi connectivity index (χ1) is 16.8. The van der Waals surface area contributed by atoms with Crippen LogP contribution in [0.4, 0.5) is 5.69 Å². The summed E-state index contributed by atoms with van der Waals surface area (Å²) in [6.07, 6.45) is 2.02. The normalized spacial score (nSPS) is 29.8. The van der Waals surface area contributed by atoms with Gasteiger partial charge in [0.25, 0.3) is 11.7 Å². The highest BCUT2D eigenvalue weighted by molar-refractivity contribution is 7.90. The molecule has 5 N–H and O–H groups in total. The van der Waals surface area contributed by atoms with Gasteiger partial charge in [0.05, 0.1) is 5.56 Å². The number of amides is 1. The van der Waals surface area contributed by atoms with E-state index in [1.807, 2.05) is 12.1 Å². The van der Waals surface area contributed by atoms with Crippen molar-refractivity contribution in [3.8, 4) is 5.75 Å². The highest BCUT2D eigenvalue weighted by atomic mass is 32.2. The maximum Gasteiger partial charge on any atom is 0.271 e. The topological polar surface area (TPSA) is 152 Å². The van der Waals surface area contributed by atoms with Crippen LogP contribution in [-0.2, 0) is 26.6 Å². The molecule has 0 radical (unpaired) electrons. The molecule has 0 saturated heterocycles. The molecular weight excluding hydrogens is 482 g/mol. The molecule has 3 aliphatic rings. The van der Waals surface area contributed by atoms with Crippen molar-refractivity contribution in [1.82, 2.24) is 10.3 Å². The first-order valence-electron chi connectivity index (χ1n) is 11.5. The second-order valence-electron chi connectivity index (χ2n) is 10.3. The number of sulfone groups is 1. The third-order valence-electron chi connectivity index (χ3n) is 8.10. The molecule has 186 valence electrons. The predicted octanol–water partition coefficient (Wildman–Crippen LogP) is 2.36. The fourth-order valence-corrected chi connectivity index (χ4v) is 6.28. The Morgan fingerprint density at radius 3 is 2.56 bits per heavy atom. The van der Waals surface area contributed by atoms with Gasteiger partial charge in [-0.05, 0) is 47.6 Å². The highest BCUT2D eigenvalue weighted by Gasteiger charge is 2.72. The third kappa shape index (κ3) is 2.71. The molecule has 1 aromatic heterocycles. The van der Waals surface area contributed by atoms with Gasteiger partial charge < -0.3 is 25.9 Å². The van der Waals surface area contributed by atoms with Gasteiger partial charge in [0.1, 0.15) is 16.5 Å². The van der Waals surface area contributed by atoms with Crippen molar-refractivity contribution < 1.29 is 27.9 Å². The number of anilines is 1. The first kappa shape index (κ1) is 22.8. The van der Waals surface area contributed by atoms with Crippen LogP contribution in [0.5, 0.6) is 5.75 Å². The van der Waals surface area contributed by atoms with Gasteiger partial charge in [-0.25, -0.2) is 8.42 Å². The van der Waals surface area contributed by atoms with Crippen LogP contribution in [0.2, 0.25) is 0 Å². The zero-order valence-corrected chi connectivity index (χ0v) is 20.7. The number of nitrogens with one attached hydrogen (secondary N) is 2. The average molecular weight is 508 g/mol. The third-order valence-corrected chi connectivity index (χ3v) is 9.14. The average Bonchev–Trinajstić information content (AvgIpc) is 3.14. The Balaban J connectivity index is 1.52. The molecule has 2 heterocycles. The van der Waals surface area contributed by atoms with Crippen molar-refractivity contribution in [1.29, 1.82) is 0 Å². The number of ether oxygens (including phenoxy) is 1. The Morgan fingerprint density at radius 1 is 1.19 bits per heavy atom. The number of nitrogen functional groups attached to an aromatic ring is 1. The summed E-state index contributed by atoms with van der Waals surface area (Å²) < 4.78 is 29.9. The Morgan fingerprint density at radius 2 is 1.92 bits per heavy atom. The second kappa shape index (κ2) is 6.77. The van der Waals surface area contributed by atoms with Crippen molar-refractivity contribution in [2.24, 2.45) is 5.92 Å². The number of ketones is 1. The number of carbonyl (C=O) groups excluding carboxylic acids is 2. The molecule has 2 aliphatic carbocycles. The molecule has 0 spiro atoms. The van der Waals surface area contributed by atoms with Crippen LogP contribution in [0.15, 0.2) is 53.6 Å². The van der Waals surface area contributed by atoms with Gasteiger partial charge in [-0.1, -0.05) is 38.1 Å². The van der Waals surface area contributed by atoms with E-state index in [2.05, 4.69) is 24.1 Å². The van der Waals surface area contributed by atoms with Crippen molar-refractivity contribution in [3.63, 3.8) is 0 Å². The molecule has 4 atom stereocenters. The summed E-state index contributed by atoms with van der Waals surface area (Å²) in [6, 6.07) is 12.7. The second-order valence-corrected chi connectivity index (χ2v) is 12.3. The molecule has 1 saturated carbocycles. The Bertz CT molecular complexity index is 1610. The molecule has 10 heteroatoms. The number of aromatic amines is 1. The van der Waals surface area contributed by atoms with Gasteiger partial charge in [0.2, 0.25) is 11.3 Å². The number of H-pyrrole nitrogens is 1. The minimum absolute atomic E-state index is 0.0340. The number of benzene rings is 2. The predicted molar refractivity (Wildman–Crippen MR) is 130 cm³/mol. The van der Waals surface area contributed by atoms with E-state index in [0.717, 1.165) is 18.2 Å². The fraction of sp³-hybridized carbons (Fsp3) is 0.308. The van der Waals surface area contributed by atoms with Crippen molar-refractivity contribution >= 4 is 27.2 Å². The number of hydrogen-bond donors (Lipinski definition) is 4. The van der Waals surface area contributed by atoms with Crippen LogP contribution < -0.4 is 15.8 Å². The van der Waals surface area contributed by atoms with Gasteiger partial charge in [-0.3, -0.25) is 9.59 Å². The Hall–Kier alpha value is -3.63. The molecule has 1 fully saturated rings. The van der Waals surface area contributed by atoms with E-state index in [4.69, 9.17) is 10.5 Å². The number of Topliss-reactive ketones (excluding diaryl/α,β-unsaturated/α-hetero) is 1. The van der Waals surface area contributed by atoms with Crippen molar-refractivity contribution in [2.45, 2.75) is 42.0 Å². The maximum absolute atomic E-state index is 14.0. The standard InChI is InChI=1S/C26H25N3O6S/c1-13-12-24(13,2)14-7-8-15-19(11-14)35-26(32)16-5-4-6-17(27)21(16)22(30)25(15,26)29-23(31)18-9-10-20(28-18)36(3,33)34/h4-11,13,28,32H,12,27H2,1-3H3,(H,29,31)/t13-,24+,25-,26-/m1/s1. The van der Waals surface area contributed by atoms with E-state index >= 15 is 0 Å². The summed E-state index contributed by atoms with van der Waals surface area (Å²) in [7, 11) is -3.59. The molecule has 3 aromatic rings. The number of nitrogens with two attached hydrogens (primary N) is 1. The first-order valence-corrected chi connectivity index (χ1v) is 13.4. The van der Waals surface area contributed by atoms with E-state index in [9.17, 15) is 23.1 Å². The smallest absolute Gasteiger partial charge is 0.271 e. The molecule has 1 aliphatic heterocycles. The number of aromatic nitrogens is 1. The molecule has 1 amide bonds. The largest absolute Gasteiger partial charge is 0.454 e. The lowest BCUT2D eigenvalue weighted by molar-refractivity contribution is -0.169. The molecular formula is C26H25N3O6S. The van der Waals surface area contributed by atoms with Crippen LogP contribution in [0.1, 0.15) is 57.8 Å². The van der Waals surface area contributed by atoms with E-state index in [-0.39, 0.29) is 32.9 Å². The Kier molecular flexibility index (Phi) is 4.29. The lowest BCUT2D eigenvalue weighted by atomic mass is 9.81. The van der Waals surface area contributed by atoms with Crippen LogP contribution in [0.25, 0.3) is 0 Å². The van der Waals surface area contributed by atoms with E-state index in [0.29, 0.717) is 17.2 Å². The lowest BCUT2D eigenvalue weighted by Crippen LogP contribution is -2.60. The van der Waals surface area contributed by atoms with E-state index in [1.165, 1.54) is 12.1 Å². The summed E-state index contributed by atoms with van der Waals surface area (Å²) >= 11 is 0. The van der Waals surface area contributed by atoms with Gasteiger partial charge >= 0.3 is 0 Å². The molecule has 2 aromatic carbocycles. The van der Waals surface area contributed by atoms with Gasteiger partial charge in [0.15, 0.2) is 9.84 Å². The molecule has 36 heavy (non-hydrogen) atoms. The summed E-state index contributed by atoms with van der Waals surface area (Å²) in [5.41, 5.74) is 5.67. The van der Waals surface area contributed by atoms with Gasteiger partial charge in [-0.2, -0.15) is 0 Å². The van der Waals surface area contributed by atoms with Crippen molar-refractivity contribution in [3.05, 3.63) is 76.5 Å². The number of rotatable bonds is 4. The number of fused-ring (bicyclic) bond motifs is 5. The summed E-state index contributed by atoms with van der Waals surface area (Å²) in [5.74, 6) is -2.88. The lowest BCUT2D eigenvalue weighted by Gasteiger charge is -2.34. The SMILES string of the molecule is C[C@@H]1C[C@]1(C)c1ccc2c(c1)O[C@]1(O)c3cccc(N)c3C(=O)[C@]21NC(=O)c1ccc(S(C)(=O)=O)[nH]1. The van der Waals surface area contributed by atoms with Crippen molar-refractivity contribution in [2.75, 3.05) is 12.0 Å². The van der Waals surface area contributed by atoms with Crippen LogP contribution >= 0.6 is 0 Å². The zero-order valence-electron chi connectivity index (χ0n) is 19.9. The van der Waals surface area contributed by atoms with E-state index in [1.54, 1.807) is 24.3 Å². The van der Waals surface area contributed by atoms with Crippen LogP contribution in [0, 0.1) is 5.92 Å². The molecule has 6 rings (SSSR count). The van der Waals surface area contributed by atoms with Gasteiger partial charge in [-0.15, -0.1) is 0 Å².